The lowest BCUT2D eigenvalue weighted by molar-refractivity contribution is -0.142. The minimum atomic E-state index is -0.978. The first-order valence-corrected chi connectivity index (χ1v) is 12.2. The monoisotopic (exact) mass is 496 g/mol. The van der Waals surface area contributed by atoms with Gasteiger partial charge in [0.05, 0.1) is 6.54 Å². The van der Waals surface area contributed by atoms with Crippen LogP contribution in [0.4, 0.5) is 10.2 Å². The van der Waals surface area contributed by atoms with E-state index in [0.717, 1.165) is 10.4 Å². The Morgan fingerprint density at radius 2 is 1.83 bits per heavy atom. The zero-order valence-electron chi connectivity index (χ0n) is 20.0. The van der Waals surface area contributed by atoms with Crippen molar-refractivity contribution in [2.45, 2.75) is 52.2 Å². The molecule has 0 spiro atoms. The predicted molar refractivity (Wildman–Crippen MR) is 134 cm³/mol. The summed E-state index contributed by atoms with van der Waals surface area (Å²) in [6, 6.07) is 11.7. The fourth-order valence-corrected chi connectivity index (χ4v) is 4.25. The number of amides is 3. The average molecular weight is 497 g/mol. The highest BCUT2D eigenvalue weighted by Crippen LogP contribution is 2.27. The highest BCUT2D eigenvalue weighted by Gasteiger charge is 2.32. The van der Waals surface area contributed by atoms with Gasteiger partial charge in [-0.25, -0.2) is 9.37 Å². The van der Waals surface area contributed by atoms with E-state index < -0.39 is 11.9 Å². The van der Waals surface area contributed by atoms with E-state index in [1.54, 1.807) is 12.3 Å². The van der Waals surface area contributed by atoms with Gasteiger partial charge in [-0.15, -0.1) is 11.3 Å². The fraction of sp³-hybridized carbons (Fsp3) is 0.308. The summed E-state index contributed by atoms with van der Waals surface area (Å²) >= 11 is 1.46. The van der Waals surface area contributed by atoms with Crippen molar-refractivity contribution in [1.29, 1.82) is 0 Å². The number of carbonyl (C=O) groups excluding carboxylic acids is 3. The summed E-state index contributed by atoms with van der Waals surface area (Å²) in [5, 5.41) is 7.45. The number of hydrogen-bond acceptors (Lipinski definition) is 5. The van der Waals surface area contributed by atoms with Crippen molar-refractivity contribution < 1.29 is 18.8 Å². The topological polar surface area (TPSA) is 91.4 Å². The van der Waals surface area contributed by atoms with E-state index in [4.69, 9.17) is 0 Å². The molecular weight excluding hydrogens is 467 g/mol. The number of aryl methyl sites for hydroxylation is 1. The molecule has 3 aromatic rings. The first-order chi connectivity index (χ1) is 16.7. The highest BCUT2D eigenvalue weighted by molar-refractivity contribution is 7.09. The van der Waals surface area contributed by atoms with Crippen LogP contribution in [-0.4, -0.2) is 33.6 Å². The zero-order valence-corrected chi connectivity index (χ0v) is 20.8. The smallest absolute Gasteiger partial charge is 0.247 e. The molecule has 3 amide bonds. The summed E-state index contributed by atoms with van der Waals surface area (Å²) in [5.74, 6) is -1.10. The molecule has 3 rings (SSSR count). The number of thiophene rings is 1. The quantitative estimate of drug-likeness (QED) is 0.429. The van der Waals surface area contributed by atoms with Gasteiger partial charge in [0, 0.05) is 30.0 Å². The maximum Gasteiger partial charge on any atom is 0.247 e. The van der Waals surface area contributed by atoms with Crippen molar-refractivity contribution in [3.8, 4) is 0 Å². The molecule has 1 atom stereocenters. The number of nitrogens with zero attached hydrogens (tertiary/aromatic N) is 2. The first-order valence-electron chi connectivity index (χ1n) is 11.3. The van der Waals surface area contributed by atoms with Gasteiger partial charge in [0.1, 0.15) is 17.7 Å². The average Bonchev–Trinajstić information content (AvgIpc) is 3.31. The predicted octanol–water partition coefficient (Wildman–Crippen LogP) is 4.60. The summed E-state index contributed by atoms with van der Waals surface area (Å²) in [6.07, 6.45) is 1.42. The van der Waals surface area contributed by atoms with Gasteiger partial charge >= 0.3 is 0 Å². The van der Waals surface area contributed by atoms with Gasteiger partial charge in [-0.1, -0.05) is 18.2 Å². The molecule has 2 aromatic heterocycles. The standard InChI is InChI=1S/C26H29FN4O3S/c1-17(2)29-26(34)25(19-6-8-20(27)9-7-19)31(16-21-5-4-14-35-21)24(33)11-10-23(32)30-22-15-18(3)12-13-28-22/h4-9,12-15,17,25H,10-11,16H2,1-3H3,(H,29,34)(H,28,30,32). The Bertz CT molecular complexity index is 1150. The largest absolute Gasteiger partial charge is 0.352 e. The Balaban J connectivity index is 1.83. The molecule has 0 radical (unpaired) electrons. The van der Waals surface area contributed by atoms with Crippen LogP contribution in [0.3, 0.4) is 0 Å². The zero-order chi connectivity index (χ0) is 25.4. The molecule has 0 fully saturated rings. The second-order valence-corrected chi connectivity index (χ2v) is 9.52. The number of nitrogens with one attached hydrogen (secondary N) is 2. The second-order valence-electron chi connectivity index (χ2n) is 8.48. The van der Waals surface area contributed by atoms with E-state index in [2.05, 4.69) is 15.6 Å². The summed E-state index contributed by atoms with van der Waals surface area (Å²) < 4.78 is 13.6. The molecule has 0 saturated carbocycles. The summed E-state index contributed by atoms with van der Waals surface area (Å²) in [6.45, 7) is 5.73. The van der Waals surface area contributed by atoms with Gasteiger partial charge in [0.25, 0.3) is 0 Å². The van der Waals surface area contributed by atoms with E-state index in [0.29, 0.717) is 11.4 Å². The molecule has 0 aliphatic carbocycles. The third-order valence-corrected chi connectivity index (χ3v) is 6.01. The molecule has 7 nitrogen and oxygen atoms in total. The normalized spacial score (nSPS) is 11.7. The third-order valence-electron chi connectivity index (χ3n) is 5.15. The SMILES string of the molecule is Cc1ccnc(NC(=O)CCC(=O)N(Cc2cccs2)C(C(=O)NC(C)C)c2ccc(F)cc2)c1. The van der Waals surface area contributed by atoms with Gasteiger partial charge in [0.15, 0.2) is 0 Å². The van der Waals surface area contributed by atoms with E-state index >= 15 is 0 Å². The maximum absolute atomic E-state index is 13.6. The number of pyridine rings is 1. The molecule has 184 valence electrons. The molecule has 1 aromatic carbocycles. The van der Waals surface area contributed by atoms with Crippen LogP contribution in [0.25, 0.3) is 0 Å². The van der Waals surface area contributed by atoms with Crippen molar-refractivity contribution in [3.05, 3.63) is 81.9 Å². The van der Waals surface area contributed by atoms with Crippen molar-refractivity contribution in [3.63, 3.8) is 0 Å². The number of hydrogen-bond donors (Lipinski definition) is 2. The molecule has 1 unspecified atom stereocenters. The summed E-state index contributed by atoms with van der Waals surface area (Å²) in [5.41, 5.74) is 1.44. The number of aromatic nitrogens is 1. The molecule has 35 heavy (non-hydrogen) atoms. The lowest BCUT2D eigenvalue weighted by Crippen LogP contribution is -2.45. The molecule has 0 saturated heterocycles. The minimum Gasteiger partial charge on any atom is -0.352 e. The van der Waals surface area contributed by atoms with Crippen molar-refractivity contribution in [1.82, 2.24) is 15.2 Å². The van der Waals surface area contributed by atoms with Crippen molar-refractivity contribution in [2.75, 3.05) is 5.32 Å². The second kappa shape index (κ2) is 12.2. The van der Waals surface area contributed by atoms with E-state index in [1.807, 2.05) is 44.4 Å². The summed E-state index contributed by atoms with van der Waals surface area (Å²) in [4.78, 5) is 45.6. The molecular formula is C26H29FN4O3S. The van der Waals surface area contributed by atoms with Crippen LogP contribution in [-0.2, 0) is 20.9 Å². The number of anilines is 1. The van der Waals surface area contributed by atoms with Crippen LogP contribution < -0.4 is 10.6 Å². The molecule has 0 bridgehead atoms. The Morgan fingerprint density at radius 3 is 2.46 bits per heavy atom. The molecule has 2 heterocycles. The van der Waals surface area contributed by atoms with Crippen molar-refractivity contribution in [2.24, 2.45) is 0 Å². The van der Waals surface area contributed by atoms with E-state index in [9.17, 15) is 18.8 Å². The number of carbonyl (C=O) groups is 3. The highest BCUT2D eigenvalue weighted by atomic mass is 32.1. The Labute approximate surface area is 208 Å². The van der Waals surface area contributed by atoms with Gasteiger partial charge < -0.3 is 15.5 Å². The number of halogens is 1. The van der Waals surface area contributed by atoms with Gasteiger partial charge in [0.2, 0.25) is 17.7 Å². The van der Waals surface area contributed by atoms with Crippen LogP contribution in [0.2, 0.25) is 0 Å². The van der Waals surface area contributed by atoms with Crippen LogP contribution in [0.1, 0.15) is 48.7 Å². The molecule has 0 aliphatic heterocycles. The van der Waals surface area contributed by atoms with Gasteiger partial charge in [-0.05, 0) is 67.6 Å². The van der Waals surface area contributed by atoms with Gasteiger partial charge in [-0.2, -0.15) is 0 Å². The fourth-order valence-electron chi connectivity index (χ4n) is 3.55. The molecule has 0 aliphatic rings. The maximum atomic E-state index is 13.6. The Kier molecular flexibility index (Phi) is 9.08. The Hall–Kier alpha value is -3.59. The Morgan fingerprint density at radius 1 is 1.09 bits per heavy atom. The van der Waals surface area contributed by atoms with Gasteiger partial charge in [-0.3, -0.25) is 14.4 Å². The molecule has 9 heteroatoms. The lowest BCUT2D eigenvalue weighted by Gasteiger charge is -2.32. The third kappa shape index (κ3) is 7.71. The van der Waals surface area contributed by atoms with Crippen LogP contribution in [0.5, 0.6) is 0 Å². The minimum absolute atomic E-state index is 0.0721. The molecule has 2 N–H and O–H groups in total. The van der Waals surface area contributed by atoms with Crippen molar-refractivity contribution >= 4 is 34.9 Å². The van der Waals surface area contributed by atoms with E-state index in [1.165, 1.54) is 40.5 Å². The summed E-state index contributed by atoms with van der Waals surface area (Å²) in [7, 11) is 0. The van der Waals surface area contributed by atoms with E-state index in [-0.39, 0.29) is 43.1 Å². The van der Waals surface area contributed by atoms with Crippen LogP contribution in [0, 0.1) is 12.7 Å². The first kappa shape index (κ1) is 26.0. The lowest BCUT2D eigenvalue weighted by atomic mass is 10.0. The van der Waals surface area contributed by atoms with Crippen LogP contribution in [0.15, 0.2) is 60.1 Å². The number of rotatable bonds is 10. The number of benzene rings is 1. The van der Waals surface area contributed by atoms with Crippen LogP contribution >= 0.6 is 11.3 Å².